The summed E-state index contributed by atoms with van der Waals surface area (Å²) in [5.74, 6) is -1.66. The molecule has 0 bridgehead atoms. The molecule has 0 atom stereocenters. The standard InChI is InChI=1S/C23H22F3N5O5/c24-23(25,26)36-18-5-2-1-4-17(18)29-22(35)31-21-28-13-16(20(34)30-21)15-9-7-14(8-10-15)12-27-11-3-6-19(32)33/h1-2,4-5,7-10,13,27H,3,6,11-12H2,(H,32,33)(H3,28,29,30,31,34,35). The van der Waals surface area contributed by atoms with Crippen LogP contribution < -0.4 is 26.2 Å². The smallest absolute Gasteiger partial charge is 0.481 e. The molecule has 0 aliphatic carbocycles. The quantitative estimate of drug-likeness (QED) is 0.263. The summed E-state index contributed by atoms with van der Waals surface area (Å²) >= 11 is 0. The number of aliphatic carboxylic acids is 1. The van der Waals surface area contributed by atoms with Gasteiger partial charge in [0.1, 0.15) is 0 Å². The SMILES string of the molecule is O=C(O)CCCNCc1ccc(-c2cnc(NC(=O)Nc3ccccc3OC(F)(F)F)[nH]c2=O)cc1. The summed E-state index contributed by atoms with van der Waals surface area (Å²) in [5.41, 5.74) is 0.977. The predicted octanol–water partition coefficient (Wildman–Crippen LogP) is 3.93. The Hall–Kier alpha value is -4.39. The van der Waals surface area contributed by atoms with Gasteiger partial charge in [0.2, 0.25) is 5.95 Å². The van der Waals surface area contributed by atoms with Crippen LogP contribution in [0.2, 0.25) is 0 Å². The number of urea groups is 1. The molecule has 2 amide bonds. The van der Waals surface area contributed by atoms with E-state index in [-0.39, 0.29) is 23.6 Å². The molecule has 0 saturated heterocycles. The van der Waals surface area contributed by atoms with Crippen LogP contribution in [-0.4, -0.2) is 40.0 Å². The lowest BCUT2D eigenvalue weighted by Gasteiger charge is -2.14. The molecule has 10 nitrogen and oxygen atoms in total. The molecule has 2 aromatic carbocycles. The lowest BCUT2D eigenvalue weighted by atomic mass is 10.1. The number of benzene rings is 2. The first-order valence-corrected chi connectivity index (χ1v) is 10.6. The van der Waals surface area contributed by atoms with Gasteiger partial charge in [0, 0.05) is 19.2 Å². The van der Waals surface area contributed by atoms with E-state index < -0.39 is 29.7 Å². The lowest BCUT2D eigenvalue weighted by molar-refractivity contribution is -0.274. The number of ether oxygens (including phenoxy) is 1. The van der Waals surface area contributed by atoms with Gasteiger partial charge in [0.05, 0.1) is 11.3 Å². The summed E-state index contributed by atoms with van der Waals surface area (Å²) in [6.45, 7) is 1.09. The Labute approximate surface area is 202 Å². The molecular weight excluding hydrogens is 483 g/mol. The number of nitrogens with zero attached hydrogens (tertiary/aromatic N) is 1. The average molecular weight is 505 g/mol. The normalized spacial score (nSPS) is 11.1. The molecule has 0 aliphatic rings. The summed E-state index contributed by atoms with van der Waals surface area (Å²) in [6, 6.07) is 11.1. The molecule has 190 valence electrons. The van der Waals surface area contributed by atoms with E-state index in [2.05, 4.69) is 30.7 Å². The molecular formula is C23H22F3N5O5. The third-order valence-electron chi connectivity index (χ3n) is 4.73. The van der Waals surface area contributed by atoms with E-state index in [4.69, 9.17) is 5.11 Å². The number of alkyl halides is 3. The Morgan fingerprint density at radius 3 is 2.44 bits per heavy atom. The van der Waals surface area contributed by atoms with Crippen LogP contribution in [0.4, 0.5) is 29.6 Å². The number of hydrogen-bond donors (Lipinski definition) is 5. The van der Waals surface area contributed by atoms with Crippen molar-refractivity contribution in [3.8, 4) is 16.9 Å². The largest absolute Gasteiger partial charge is 0.573 e. The van der Waals surface area contributed by atoms with Crippen molar-refractivity contribution in [2.75, 3.05) is 17.2 Å². The number of aromatic nitrogens is 2. The fourth-order valence-electron chi connectivity index (χ4n) is 3.11. The highest BCUT2D eigenvalue weighted by Gasteiger charge is 2.32. The third-order valence-corrected chi connectivity index (χ3v) is 4.73. The van der Waals surface area contributed by atoms with Crippen molar-refractivity contribution < 1.29 is 32.6 Å². The maximum absolute atomic E-state index is 12.5. The van der Waals surface area contributed by atoms with Crippen molar-refractivity contribution in [3.63, 3.8) is 0 Å². The van der Waals surface area contributed by atoms with Gasteiger partial charge in [-0.3, -0.25) is 19.9 Å². The van der Waals surface area contributed by atoms with Crippen LogP contribution in [-0.2, 0) is 11.3 Å². The Kier molecular flexibility index (Phi) is 8.62. The van der Waals surface area contributed by atoms with E-state index in [9.17, 15) is 27.6 Å². The second-order valence-corrected chi connectivity index (χ2v) is 7.47. The fourth-order valence-corrected chi connectivity index (χ4v) is 3.11. The number of aromatic amines is 1. The third kappa shape index (κ3) is 8.13. The van der Waals surface area contributed by atoms with Gasteiger partial charge < -0.3 is 20.5 Å². The summed E-state index contributed by atoms with van der Waals surface area (Å²) in [7, 11) is 0. The molecule has 0 fully saturated rings. The maximum Gasteiger partial charge on any atom is 0.573 e. The second-order valence-electron chi connectivity index (χ2n) is 7.47. The number of halogens is 3. The second kappa shape index (κ2) is 11.8. The molecule has 0 aliphatic heterocycles. The number of hydrogen-bond acceptors (Lipinski definition) is 6. The average Bonchev–Trinajstić information content (AvgIpc) is 2.80. The van der Waals surface area contributed by atoms with Crippen molar-refractivity contribution in [1.29, 1.82) is 0 Å². The van der Waals surface area contributed by atoms with Crippen LogP contribution in [0.25, 0.3) is 11.1 Å². The van der Waals surface area contributed by atoms with Crippen molar-refractivity contribution in [1.82, 2.24) is 15.3 Å². The topological polar surface area (TPSA) is 145 Å². The highest BCUT2D eigenvalue weighted by Crippen LogP contribution is 2.30. The summed E-state index contributed by atoms with van der Waals surface area (Å²) in [4.78, 5) is 41.6. The molecule has 0 spiro atoms. The van der Waals surface area contributed by atoms with Gasteiger partial charge in [-0.05, 0) is 36.2 Å². The Balaban J connectivity index is 1.59. The Morgan fingerprint density at radius 1 is 1.06 bits per heavy atom. The van der Waals surface area contributed by atoms with Gasteiger partial charge in [-0.2, -0.15) is 0 Å². The highest BCUT2D eigenvalue weighted by molar-refractivity contribution is 5.99. The van der Waals surface area contributed by atoms with E-state index in [0.717, 1.165) is 11.6 Å². The van der Waals surface area contributed by atoms with E-state index >= 15 is 0 Å². The number of carboxylic acids is 1. The number of anilines is 2. The molecule has 0 saturated carbocycles. The van der Waals surface area contributed by atoms with E-state index in [1.807, 2.05) is 0 Å². The number of H-pyrrole nitrogens is 1. The zero-order valence-corrected chi connectivity index (χ0v) is 18.7. The predicted molar refractivity (Wildman–Crippen MR) is 125 cm³/mol. The molecule has 13 heteroatoms. The van der Waals surface area contributed by atoms with Crippen LogP contribution in [0.1, 0.15) is 18.4 Å². The molecule has 36 heavy (non-hydrogen) atoms. The zero-order valence-electron chi connectivity index (χ0n) is 18.7. The Bertz CT molecular complexity index is 1260. The molecule has 1 aromatic heterocycles. The lowest BCUT2D eigenvalue weighted by Crippen LogP contribution is -2.24. The van der Waals surface area contributed by atoms with Crippen LogP contribution in [0.15, 0.2) is 59.5 Å². The Morgan fingerprint density at radius 2 is 1.78 bits per heavy atom. The molecule has 0 radical (unpaired) electrons. The molecule has 0 unspecified atom stereocenters. The van der Waals surface area contributed by atoms with Crippen molar-refractivity contribution in [2.24, 2.45) is 0 Å². The number of carbonyl (C=O) groups excluding carboxylic acids is 1. The number of amides is 2. The van der Waals surface area contributed by atoms with Crippen LogP contribution in [0.5, 0.6) is 5.75 Å². The van der Waals surface area contributed by atoms with Crippen LogP contribution in [0.3, 0.4) is 0 Å². The number of rotatable bonds is 10. The minimum atomic E-state index is -4.94. The molecule has 1 heterocycles. The summed E-state index contributed by atoms with van der Waals surface area (Å²) in [5, 5.41) is 16.2. The molecule has 3 aromatic rings. The molecule has 3 rings (SSSR count). The minimum Gasteiger partial charge on any atom is -0.481 e. The first kappa shape index (κ1) is 26.2. The monoisotopic (exact) mass is 505 g/mol. The van der Waals surface area contributed by atoms with Gasteiger partial charge in [-0.15, -0.1) is 13.2 Å². The van der Waals surface area contributed by atoms with E-state index in [1.165, 1.54) is 24.4 Å². The van der Waals surface area contributed by atoms with Gasteiger partial charge in [-0.1, -0.05) is 36.4 Å². The summed E-state index contributed by atoms with van der Waals surface area (Å²) < 4.78 is 41.5. The van der Waals surface area contributed by atoms with Crippen LogP contribution in [0, 0.1) is 0 Å². The highest BCUT2D eigenvalue weighted by atomic mass is 19.4. The number of carboxylic acid groups (broad SMARTS) is 1. The van der Waals surface area contributed by atoms with Crippen LogP contribution >= 0.6 is 0 Å². The fraction of sp³-hybridized carbons (Fsp3) is 0.217. The van der Waals surface area contributed by atoms with E-state index in [0.29, 0.717) is 25.1 Å². The maximum atomic E-state index is 12.5. The number of nitrogens with one attached hydrogen (secondary N) is 4. The van der Waals surface area contributed by atoms with Gasteiger partial charge >= 0.3 is 18.4 Å². The van der Waals surface area contributed by atoms with Crippen molar-refractivity contribution >= 4 is 23.6 Å². The number of carbonyl (C=O) groups is 2. The van der Waals surface area contributed by atoms with Gasteiger partial charge in [-0.25, -0.2) is 9.78 Å². The summed E-state index contributed by atoms with van der Waals surface area (Å²) in [6.07, 6.45) is -3.07. The number of para-hydroxylation sites is 2. The first-order chi connectivity index (χ1) is 17.1. The van der Waals surface area contributed by atoms with Crippen molar-refractivity contribution in [2.45, 2.75) is 25.7 Å². The first-order valence-electron chi connectivity index (χ1n) is 10.6. The minimum absolute atomic E-state index is 0.0913. The zero-order chi connectivity index (χ0) is 26.1. The van der Waals surface area contributed by atoms with Gasteiger partial charge in [0.25, 0.3) is 5.56 Å². The molecule has 5 N–H and O–H groups in total. The van der Waals surface area contributed by atoms with E-state index in [1.54, 1.807) is 24.3 Å². The van der Waals surface area contributed by atoms with Crippen molar-refractivity contribution in [3.05, 3.63) is 70.6 Å². The van der Waals surface area contributed by atoms with Gasteiger partial charge in [0.15, 0.2) is 5.75 Å².